The molecule has 0 saturated heterocycles. The van der Waals surface area contributed by atoms with E-state index in [0.717, 1.165) is 23.6 Å². The second-order valence-corrected chi connectivity index (χ2v) is 4.05. The maximum atomic E-state index is 11.7. The molecule has 0 aromatic carbocycles. The van der Waals surface area contributed by atoms with E-state index in [0.29, 0.717) is 6.54 Å². The van der Waals surface area contributed by atoms with Crippen LogP contribution in [0.3, 0.4) is 0 Å². The molecule has 2 rings (SSSR count). The van der Waals surface area contributed by atoms with Crippen molar-refractivity contribution < 1.29 is 0 Å². The Bertz CT molecular complexity index is 592. The first kappa shape index (κ1) is 12.3. The smallest absolute Gasteiger partial charge is 0.348 e. The summed E-state index contributed by atoms with van der Waals surface area (Å²) < 4.78 is 1.55. The fourth-order valence-corrected chi connectivity index (χ4v) is 1.69. The van der Waals surface area contributed by atoms with Gasteiger partial charge in [0.15, 0.2) is 0 Å². The summed E-state index contributed by atoms with van der Waals surface area (Å²) in [5, 5.41) is 3.21. The molecule has 0 unspecified atom stereocenters. The lowest BCUT2D eigenvalue weighted by Crippen LogP contribution is -2.23. The van der Waals surface area contributed by atoms with Crippen LogP contribution in [0, 0.1) is 6.92 Å². The summed E-state index contributed by atoms with van der Waals surface area (Å²) in [5.41, 5.74) is 2.33. The van der Waals surface area contributed by atoms with Gasteiger partial charge >= 0.3 is 5.69 Å². The molecule has 2 aromatic rings. The standard InChI is InChI=1S/C13H16N4O/c1-3-14-11-4-6-15-12(8-11)9-17-7-5-10(2)16-13(17)18/h4-8H,3,9H2,1-2H3,(H,14,15). The highest BCUT2D eigenvalue weighted by molar-refractivity contribution is 5.42. The van der Waals surface area contributed by atoms with Crippen molar-refractivity contribution in [3.8, 4) is 0 Å². The average molecular weight is 244 g/mol. The Morgan fingerprint density at radius 2 is 2.22 bits per heavy atom. The SMILES string of the molecule is CCNc1ccnc(Cn2ccc(C)nc2=O)c1. The van der Waals surface area contributed by atoms with Gasteiger partial charge in [0.2, 0.25) is 0 Å². The van der Waals surface area contributed by atoms with Gasteiger partial charge in [-0.3, -0.25) is 9.55 Å². The van der Waals surface area contributed by atoms with Gasteiger partial charge in [0, 0.05) is 30.3 Å². The minimum Gasteiger partial charge on any atom is -0.385 e. The lowest BCUT2D eigenvalue weighted by molar-refractivity contribution is 0.705. The number of rotatable bonds is 4. The predicted molar refractivity (Wildman–Crippen MR) is 70.7 cm³/mol. The van der Waals surface area contributed by atoms with Crippen LogP contribution in [0.4, 0.5) is 5.69 Å². The summed E-state index contributed by atoms with van der Waals surface area (Å²) in [4.78, 5) is 19.8. The Balaban J connectivity index is 2.23. The number of aryl methyl sites for hydroxylation is 1. The maximum absolute atomic E-state index is 11.7. The third kappa shape index (κ3) is 2.94. The Morgan fingerprint density at radius 3 is 2.94 bits per heavy atom. The fourth-order valence-electron chi connectivity index (χ4n) is 1.69. The quantitative estimate of drug-likeness (QED) is 0.883. The molecule has 0 aliphatic rings. The molecule has 2 aromatic heterocycles. The number of hydrogen-bond acceptors (Lipinski definition) is 4. The molecule has 5 nitrogen and oxygen atoms in total. The van der Waals surface area contributed by atoms with Crippen LogP contribution in [-0.4, -0.2) is 21.1 Å². The van der Waals surface area contributed by atoms with Crippen molar-refractivity contribution in [3.05, 3.63) is 52.5 Å². The molecule has 0 aliphatic carbocycles. The van der Waals surface area contributed by atoms with Crippen molar-refractivity contribution in [2.75, 3.05) is 11.9 Å². The third-order valence-corrected chi connectivity index (χ3v) is 2.54. The minimum absolute atomic E-state index is 0.245. The van der Waals surface area contributed by atoms with Gasteiger partial charge in [0.1, 0.15) is 0 Å². The van der Waals surface area contributed by atoms with E-state index in [-0.39, 0.29) is 5.69 Å². The van der Waals surface area contributed by atoms with E-state index in [9.17, 15) is 4.79 Å². The largest absolute Gasteiger partial charge is 0.385 e. The van der Waals surface area contributed by atoms with Gasteiger partial charge in [0.05, 0.1) is 12.2 Å². The number of hydrogen-bond donors (Lipinski definition) is 1. The second kappa shape index (κ2) is 5.44. The predicted octanol–water partition coefficient (Wildman–Crippen LogP) is 1.43. The van der Waals surface area contributed by atoms with Crippen molar-refractivity contribution in [2.24, 2.45) is 0 Å². The van der Waals surface area contributed by atoms with E-state index in [1.165, 1.54) is 0 Å². The summed E-state index contributed by atoms with van der Waals surface area (Å²) in [5.74, 6) is 0. The van der Waals surface area contributed by atoms with E-state index in [1.807, 2.05) is 25.1 Å². The Labute approximate surface area is 106 Å². The molecule has 5 heteroatoms. The van der Waals surface area contributed by atoms with Crippen molar-refractivity contribution >= 4 is 5.69 Å². The van der Waals surface area contributed by atoms with Crippen molar-refractivity contribution in [1.29, 1.82) is 0 Å². The summed E-state index contributed by atoms with van der Waals surface area (Å²) >= 11 is 0. The zero-order valence-corrected chi connectivity index (χ0v) is 10.6. The van der Waals surface area contributed by atoms with E-state index in [4.69, 9.17) is 0 Å². The van der Waals surface area contributed by atoms with E-state index in [2.05, 4.69) is 15.3 Å². The normalized spacial score (nSPS) is 10.3. The third-order valence-electron chi connectivity index (χ3n) is 2.54. The molecule has 0 saturated carbocycles. The van der Waals surface area contributed by atoms with Crippen LogP contribution in [0.25, 0.3) is 0 Å². The molecule has 0 spiro atoms. The number of pyridine rings is 1. The van der Waals surface area contributed by atoms with Crippen LogP contribution in [0.2, 0.25) is 0 Å². The van der Waals surface area contributed by atoms with Gasteiger partial charge in [-0.15, -0.1) is 0 Å². The first-order chi connectivity index (χ1) is 8.69. The van der Waals surface area contributed by atoms with Crippen LogP contribution in [0.1, 0.15) is 18.3 Å². The molecule has 0 atom stereocenters. The molecular weight excluding hydrogens is 228 g/mol. The highest BCUT2D eigenvalue weighted by Crippen LogP contribution is 2.08. The minimum atomic E-state index is -0.245. The summed E-state index contributed by atoms with van der Waals surface area (Å²) in [6.45, 7) is 5.13. The first-order valence-corrected chi connectivity index (χ1v) is 5.92. The van der Waals surface area contributed by atoms with Crippen LogP contribution in [0.5, 0.6) is 0 Å². The van der Waals surface area contributed by atoms with Gasteiger partial charge in [0.25, 0.3) is 0 Å². The lowest BCUT2D eigenvalue weighted by atomic mass is 10.3. The van der Waals surface area contributed by atoms with Crippen LogP contribution >= 0.6 is 0 Å². The number of nitrogens with one attached hydrogen (secondary N) is 1. The Kier molecular flexibility index (Phi) is 3.72. The summed E-state index contributed by atoms with van der Waals surface area (Å²) in [7, 11) is 0. The molecule has 0 radical (unpaired) electrons. The Hall–Kier alpha value is -2.17. The monoisotopic (exact) mass is 244 g/mol. The van der Waals surface area contributed by atoms with Crippen LogP contribution in [0.15, 0.2) is 35.4 Å². The van der Waals surface area contributed by atoms with Gasteiger partial charge in [-0.1, -0.05) is 0 Å². The van der Waals surface area contributed by atoms with E-state index in [1.54, 1.807) is 23.9 Å². The zero-order chi connectivity index (χ0) is 13.0. The maximum Gasteiger partial charge on any atom is 0.348 e. The second-order valence-electron chi connectivity index (χ2n) is 4.05. The molecule has 2 heterocycles. The topological polar surface area (TPSA) is 59.8 Å². The van der Waals surface area contributed by atoms with Crippen molar-refractivity contribution in [1.82, 2.24) is 14.5 Å². The number of anilines is 1. The molecule has 0 fully saturated rings. The van der Waals surface area contributed by atoms with Gasteiger partial charge < -0.3 is 5.32 Å². The van der Waals surface area contributed by atoms with E-state index >= 15 is 0 Å². The molecule has 18 heavy (non-hydrogen) atoms. The van der Waals surface area contributed by atoms with E-state index < -0.39 is 0 Å². The summed E-state index contributed by atoms with van der Waals surface area (Å²) in [6.07, 6.45) is 3.48. The van der Waals surface area contributed by atoms with Gasteiger partial charge in [-0.25, -0.2) is 4.79 Å². The average Bonchev–Trinajstić information content (AvgIpc) is 2.34. The zero-order valence-electron chi connectivity index (χ0n) is 10.6. The molecule has 94 valence electrons. The van der Waals surface area contributed by atoms with Gasteiger partial charge in [-0.2, -0.15) is 4.98 Å². The van der Waals surface area contributed by atoms with Crippen LogP contribution < -0.4 is 11.0 Å². The lowest BCUT2D eigenvalue weighted by Gasteiger charge is -2.07. The fraction of sp³-hybridized carbons (Fsp3) is 0.308. The highest BCUT2D eigenvalue weighted by Gasteiger charge is 2.01. The summed E-state index contributed by atoms with van der Waals surface area (Å²) in [6, 6.07) is 5.66. The van der Waals surface area contributed by atoms with Gasteiger partial charge in [-0.05, 0) is 32.0 Å². The van der Waals surface area contributed by atoms with Crippen LogP contribution in [-0.2, 0) is 6.54 Å². The molecule has 0 amide bonds. The molecule has 1 N–H and O–H groups in total. The molecular formula is C13H16N4O. The highest BCUT2D eigenvalue weighted by atomic mass is 16.1. The number of aromatic nitrogens is 3. The first-order valence-electron chi connectivity index (χ1n) is 5.92. The molecule has 0 bridgehead atoms. The molecule has 0 aliphatic heterocycles. The number of nitrogens with zero attached hydrogens (tertiary/aromatic N) is 3. The van der Waals surface area contributed by atoms with Crippen molar-refractivity contribution in [2.45, 2.75) is 20.4 Å². The Morgan fingerprint density at radius 1 is 1.39 bits per heavy atom. The van der Waals surface area contributed by atoms with Crippen molar-refractivity contribution in [3.63, 3.8) is 0 Å².